The Bertz CT molecular complexity index is 151. The van der Waals surface area contributed by atoms with Gasteiger partial charge in [0.15, 0.2) is 0 Å². The van der Waals surface area contributed by atoms with Crippen LogP contribution < -0.4 is 5.32 Å². The first-order chi connectivity index (χ1) is 8.24. The molecule has 2 unspecified atom stereocenters. The lowest BCUT2D eigenvalue weighted by atomic mass is 10.2. The van der Waals surface area contributed by atoms with Crippen LogP contribution in [0.3, 0.4) is 0 Å². The molecule has 3 N–H and O–H groups in total. The summed E-state index contributed by atoms with van der Waals surface area (Å²) in [6.07, 6.45) is 2.24. The van der Waals surface area contributed by atoms with Gasteiger partial charge in [-0.2, -0.15) is 0 Å². The largest absolute Gasteiger partial charge is 0.396 e. The highest BCUT2D eigenvalue weighted by molar-refractivity contribution is 4.68. The average molecular weight is 249 g/mol. The third-order valence-electron chi connectivity index (χ3n) is 2.44. The summed E-state index contributed by atoms with van der Waals surface area (Å²) in [6.45, 7) is 4.26. The van der Waals surface area contributed by atoms with E-state index in [0.29, 0.717) is 32.8 Å². The number of nitrogens with one attached hydrogen (secondary N) is 1. The lowest BCUT2D eigenvalue weighted by Crippen LogP contribution is -2.40. The molecule has 0 aliphatic heterocycles. The van der Waals surface area contributed by atoms with Gasteiger partial charge >= 0.3 is 0 Å². The van der Waals surface area contributed by atoms with Crippen molar-refractivity contribution in [2.75, 3.05) is 40.1 Å². The van der Waals surface area contributed by atoms with Gasteiger partial charge in [-0.3, -0.25) is 0 Å². The molecule has 0 heterocycles. The lowest BCUT2D eigenvalue weighted by Gasteiger charge is -2.19. The van der Waals surface area contributed by atoms with Gasteiger partial charge in [-0.25, -0.2) is 0 Å². The van der Waals surface area contributed by atoms with Crippen LogP contribution in [-0.4, -0.2) is 62.4 Å². The van der Waals surface area contributed by atoms with Gasteiger partial charge in [-0.15, -0.1) is 0 Å². The van der Waals surface area contributed by atoms with Crippen molar-refractivity contribution in [2.24, 2.45) is 0 Å². The molecular formula is C12H27NO4. The third-order valence-corrected chi connectivity index (χ3v) is 2.44. The Kier molecular flexibility index (Phi) is 12.1. The van der Waals surface area contributed by atoms with Crippen molar-refractivity contribution in [2.45, 2.75) is 38.3 Å². The molecule has 0 saturated heterocycles. The summed E-state index contributed by atoms with van der Waals surface area (Å²) in [5.74, 6) is 0. The van der Waals surface area contributed by atoms with Gasteiger partial charge in [0.1, 0.15) is 0 Å². The van der Waals surface area contributed by atoms with Crippen LogP contribution in [0.5, 0.6) is 0 Å². The predicted molar refractivity (Wildman–Crippen MR) is 67.1 cm³/mol. The summed E-state index contributed by atoms with van der Waals surface area (Å²) in [5, 5.41) is 21.6. The first-order valence-corrected chi connectivity index (χ1v) is 6.33. The quantitative estimate of drug-likeness (QED) is 0.430. The maximum absolute atomic E-state index is 9.64. The molecule has 0 spiro atoms. The fourth-order valence-electron chi connectivity index (χ4n) is 1.43. The molecule has 0 saturated carbocycles. The predicted octanol–water partition coefficient (Wildman–Crippen LogP) is 0.151. The van der Waals surface area contributed by atoms with E-state index >= 15 is 0 Å². The number of aliphatic hydroxyl groups is 2. The summed E-state index contributed by atoms with van der Waals surface area (Å²) in [5.41, 5.74) is 0. The van der Waals surface area contributed by atoms with Gasteiger partial charge in [-0.05, 0) is 12.8 Å². The molecule has 0 aromatic rings. The maximum atomic E-state index is 9.64. The van der Waals surface area contributed by atoms with E-state index in [-0.39, 0.29) is 12.6 Å². The molecule has 0 aromatic heterocycles. The van der Waals surface area contributed by atoms with E-state index in [1.54, 1.807) is 7.11 Å². The molecule has 2 atom stereocenters. The SMILES string of the molecule is CCCCOCC(O)CNC(CCO)COC. The van der Waals surface area contributed by atoms with Gasteiger partial charge in [0.05, 0.1) is 19.3 Å². The number of hydrogen-bond donors (Lipinski definition) is 3. The average Bonchev–Trinajstić information content (AvgIpc) is 2.32. The van der Waals surface area contributed by atoms with Gasteiger partial charge in [-0.1, -0.05) is 13.3 Å². The number of methoxy groups -OCH3 is 1. The molecule has 0 bridgehead atoms. The zero-order valence-electron chi connectivity index (χ0n) is 11.0. The van der Waals surface area contributed by atoms with Gasteiger partial charge < -0.3 is 25.0 Å². The first-order valence-electron chi connectivity index (χ1n) is 6.33. The minimum absolute atomic E-state index is 0.0790. The number of unbranched alkanes of at least 4 members (excludes halogenated alkanes) is 1. The molecule has 17 heavy (non-hydrogen) atoms. The Hall–Kier alpha value is -0.200. The minimum atomic E-state index is -0.509. The monoisotopic (exact) mass is 249 g/mol. The van der Waals surface area contributed by atoms with Gasteiger partial charge in [0.2, 0.25) is 0 Å². The zero-order chi connectivity index (χ0) is 12.9. The Labute approximate surface area is 104 Å². The number of aliphatic hydroxyl groups excluding tert-OH is 2. The third kappa shape index (κ3) is 10.7. The normalized spacial score (nSPS) is 14.8. The van der Waals surface area contributed by atoms with Crippen LogP contribution >= 0.6 is 0 Å². The van der Waals surface area contributed by atoms with Crippen molar-refractivity contribution in [3.8, 4) is 0 Å². The van der Waals surface area contributed by atoms with E-state index in [0.717, 1.165) is 12.8 Å². The van der Waals surface area contributed by atoms with E-state index < -0.39 is 6.10 Å². The smallest absolute Gasteiger partial charge is 0.0897 e. The van der Waals surface area contributed by atoms with Crippen LogP contribution in [0.15, 0.2) is 0 Å². The van der Waals surface area contributed by atoms with Gasteiger partial charge in [0.25, 0.3) is 0 Å². The highest BCUT2D eigenvalue weighted by Crippen LogP contribution is 1.94. The molecule has 0 amide bonds. The Balaban J connectivity index is 3.53. The highest BCUT2D eigenvalue weighted by atomic mass is 16.5. The fourth-order valence-corrected chi connectivity index (χ4v) is 1.43. The van der Waals surface area contributed by atoms with E-state index in [1.807, 2.05) is 0 Å². The maximum Gasteiger partial charge on any atom is 0.0897 e. The molecule has 5 nitrogen and oxygen atoms in total. The summed E-state index contributed by atoms with van der Waals surface area (Å²) in [4.78, 5) is 0. The highest BCUT2D eigenvalue weighted by Gasteiger charge is 2.10. The van der Waals surface area contributed by atoms with Crippen molar-refractivity contribution in [3.05, 3.63) is 0 Å². The molecule has 104 valence electrons. The van der Waals surface area contributed by atoms with Gasteiger partial charge in [0, 0.05) is 32.9 Å². The van der Waals surface area contributed by atoms with Crippen molar-refractivity contribution in [3.63, 3.8) is 0 Å². The first kappa shape index (κ1) is 16.8. The molecule has 0 aromatic carbocycles. The van der Waals surface area contributed by atoms with Crippen molar-refractivity contribution in [1.82, 2.24) is 5.32 Å². The van der Waals surface area contributed by atoms with E-state index in [2.05, 4.69) is 12.2 Å². The van der Waals surface area contributed by atoms with Crippen LogP contribution in [0.25, 0.3) is 0 Å². The van der Waals surface area contributed by atoms with Crippen molar-refractivity contribution >= 4 is 0 Å². The van der Waals surface area contributed by atoms with Crippen LogP contribution in [0.4, 0.5) is 0 Å². The second kappa shape index (κ2) is 12.3. The molecule has 5 heteroatoms. The Morgan fingerprint density at radius 3 is 2.65 bits per heavy atom. The van der Waals surface area contributed by atoms with E-state index in [9.17, 15) is 5.11 Å². The second-order valence-corrected chi connectivity index (χ2v) is 4.16. The van der Waals surface area contributed by atoms with E-state index in [1.165, 1.54) is 0 Å². The number of rotatable bonds is 12. The summed E-state index contributed by atoms with van der Waals surface area (Å²) < 4.78 is 10.3. The standard InChI is InChI=1S/C12H27NO4/c1-3-4-7-17-10-12(15)8-13-11(5-6-14)9-16-2/h11-15H,3-10H2,1-2H3. The summed E-state index contributed by atoms with van der Waals surface area (Å²) in [7, 11) is 1.62. The molecule has 0 aliphatic carbocycles. The zero-order valence-corrected chi connectivity index (χ0v) is 11.0. The van der Waals surface area contributed by atoms with Crippen molar-refractivity contribution in [1.29, 1.82) is 0 Å². The molecular weight excluding hydrogens is 222 g/mol. The second-order valence-electron chi connectivity index (χ2n) is 4.16. The van der Waals surface area contributed by atoms with Crippen LogP contribution in [0.1, 0.15) is 26.2 Å². The molecule has 0 rings (SSSR count). The Morgan fingerprint density at radius 2 is 2.06 bits per heavy atom. The van der Waals surface area contributed by atoms with Crippen LogP contribution in [0.2, 0.25) is 0 Å². The Morgan fingerprint density at radius 1 is 1.29 bits per heavy atom. The van der Waals surface area contributed by atoms with Crippen LogP contribution in [-0.2, 0) is 9.47 Å². The minimum Gasteiger partial charge on any atom is -0.396 e. The molecule has 0 aliphatic rings. The lowest BCUT2D eigenvalue weighted by molar-refractivity contribution is 0.0319. The number of hydrogen-bond acceptors (Lipinski definition) is 5. The van der Waals surface area contributed by atoms with E-state index in [4.69, 9.17) is 14.6 Å². The molecule has 0 radical (unpaired) electrons. The van der Waals surface area contributed by atoms with Crippen LogP contribution in [0, 0.1) is 0 Å². The molecule has 0 fully saturated rings. The number of ether oxygens (including phenoxy) is 2. The fraction of sp³-hybridized carbons (Fsp3) is 1.00. The summed E-state index contributed by atoms with van der Waals surface area (Å²) >= 11 is 0. The van der Waals surface area contributed by atoms with Crippen molar-refractivity contribution < 1.29 is 19.7 Å². The summed E-state index contributed by atoms with van der Waals surface area (Å²) in [6, 6.07) is 0.0790. The topological polar surface area (TPSA) is 71.0 Å².